The van der Waals surface area contributed by atoms with Gasteiger partial charge in [0.25, 0.3) is 0 Å². The Morgan fingerprint density at radius 2 is 1.92 bits per heavy atom. The zero-order valence-corrected chi connectivity index (χ0v) is 15.0. The van der Waals surface area contributed by atoms with Crippen molar-refractivity contribution in [2.75, 3.05) is 19.1 Å². The molecule has 2 aliphatic rings. The van der Waals surface area contributed by atoms with Gasteiger partial charge in [0.15, 0.2) is 0 Å². The summed E-state index contributed by atoms with van der Waals surface area (Å²) in [6, 6.07) is 11.9. The highest BCUT2D eigenvalue weighted by atomic mass is 35.5. The molecule has 0 radical (unpaired) electrons. The summed E-state index contributed by atoms with van der Waals surface area (Å²) in [6.45, 7) is 4.40. The first-order chi connectivity index (χ1) is 11.4. The van der Waals surface area contributed by atoms with Crippen LogP contribution in [0.3, 0.4) is 0 Å². The van der Waals surface area contributed by atoms with Crippen LogP contribution < -0.4 is 14.4 Å². The molecule has 124 valence electrons. The van der Waals surface area contributed by atoms with E-state index in [9.17, 15) is 0 Å². The van der Waals surface area contributed by atoms with Crippen LogP contribution in [0.15, 0.2) is 42.5 Å². The van der Waals surface area contributed by atoms with E-state index in [1.54, 1.807) is 7.11 Å². The smallest absolute Gasteiger partial charge is 0.211 e. The average molecular weight is 342 g/mol. The van der Waals surface area contributed by atoms with Crippen LogP contribution in [-0.4, -0.2) is 19.9 Å². The summed E-state index contributed by atoms with van der Waals surface area (Å²) >= 11 is 6.25. The number of likely N-dealkylation sites (N-methyl/N-ethyl adjacent to an activating group) is 1. The van der Waals surface area contributed by atoms with E-state index in [0.717, 1.165) is 27.8 Å². The van der Waals surface area contributed by atoms with Gasteiger partial charge in [-0.15, -0.1) is 0 Å². The Morgan fingerprint density at radius 1 is 1.12 bits per heavy atom. The van der Waals surface area contributed by atoms with Crippen molar-refractivity contribution < 1.29 is 9.47 Å². The first-order valence-corrected chi connectivity index (χ1v) is 8.37. The van der Waals surface area contributed by atoms with Gasteiger partial charge in [0.2, 0.25) is 5.72 Å². The van der Waals surface area contributed by atoms with Gasteiger partial charge in [-0.3, -0.25) is 0 Å². The number of fused-ring (bicyclic) bond motifs is 2. The fraction of sp³-hybridized carbons (Fsp3) is 0.300. The minimum atomic E-state index is -0.582. The molecule has 0 bridgehead atoms. The highest BCUT2D eigenvalue weighted by molar-refractivity contribution is 6.30. The van der Waals surface area contributed by atoms with Crippen molar-refractivity contribution >= 4 is 23.4 Å². The number of hydrogen-bond acceptors (Lipinski definition) is 3. The van der Waals surface area contributed by atoms with Crippen LogP contribution in [0.2, 0.25) is 5.02 Å². The predicted molar refractivity (Wildman–Crippen MR) is 98.3 cm³/mol. The monoisotopic (exact) mass is 341 g/mol. The van der Waals surface area contributed by atoms with Crippen LogP contribution in [0, 0.1) is 0 Å². The molecule has 2 aromatic rings. The minimum absolute atomic E-state index is 0.254. The molecule has 0 aromatic heterocycles. The summed E-state index contributed by atoms with van der Waals surface area (Å²) in [5.74, 6) is 1.68. The largest absolute Gasteiger partial charge is 0.497 e. The third kappa shape index (κ3) is 1.85. The van der Waals surface area contributed by atoms with Gasteiger partial charge in [0.05, 0.1) is 12.5 Å². The number of benzene rings is 2. The SMILES string of the molecule is COc1ccc2c(c1)C=CC1(O2)N(C)c2ccc(Cl)cc2C1(C)C. The standard InChI is InChI=1S/C20H20ClNO2/c1-19(2)16-12-14(21)5-7-17(16)22(3)20(19)10-9-13-11-15(23-4)6-8-18(13)24-20/h5-12H,1-4H3. The first kappa shape index (κ1) is 15.4. The van der Waals surface area contributed by atoms with Crippen LogP contribution in [0.25, 0.3) is 6.08 Å². The second-order valence-corrected chi connectivity index (χ2v) is 7.32. The Morgan fingerprint density at radius 3 is 2.67 bits per heavy atom. The maximum Gasteiger partial charge on any atom is 0.211 e. The molecule has 4 rings (SSSR count). The molecule has 24 heavy (non-hydrogen) atoms. The third-order valence-electron chi connectivity index (χ3n) is 5.36. The molecule has 2 aliphatic heterocycles. The summed E-state index contributed by atoms with van der Waals surface area (Å²) in [6.07, 6.45) is 4.26. The van der Waals surface area contributed by atoms with Crippen molar-refractivity contribution in [3.63, 3.8) is 0 Å². The van der Waals surface area contributed by atoms with E-state index in [4.69, 9.17) is 21.1 Å². The Hall–Kier alpha value is -2.13. The van der Waals surface area contributed by atoms with Gasteiger partial charge in [-0.2, -0.15) is 0 Å². The van der Waals surface area contributed by atoms with Crippen molar-refractivity contribution in [2.24, 2.45) is 0 Å². The van der Waals surface area contributed by atoms with Crippen LogP contribution in [-0.2, 0) is 5.41 Å². The summed E-state index contributed by atoms with van der Waals surface area (Å²) in [7, 11) is 3.74. The van der Waals surface area contributed by atoms with Crippen molar-refractivity contribution in [3.05, 3.63) is 58.6 Å². The molecule has 3 nitrogen and oxygen atoms in total. The summed E-state index contributed by atoms with van der Waals surface area (Å²) in [5, 5.41) is 0.747. The van der Waals surface area contributed by atoms with E-state index < -0.39 is 5.72 Å². The van der Waals surface area contributed by atoms with E-state index >= 15 is 0 Å². The highest BCUT2D eigenvalue weighted by Crippen LogP contribution is 2.54. The van der Waals surface area contributed by atoms with Crippen LogP contribution in [0.5, 0.6) is 11.5 Å². The van der Waals surface area contributed by atoms with E-state index in [1.807, 2.05) is 30.3 Å². The molecule has 1 spiro atoms. The molecule has 0 aliphatic carbocycles. The van der Waals surface area contributed by atoms with E-state index in [-0.39, 0.29) is 5.41 Å². The molecule has 0 N–H and O–H groups in total. The predicted octanol–water partition coefficient (Wildman–Crippen LogP) is 4.88. The number of ether oxygens (including phenoxy) is 2. The molecule has 4 heteroatoms. The molecular formula is C20H20ClNO2. The van der Waals surface area contributed by atoms with Gasteiger partial charge in [0.1, 0.15) is 11.5 Å². The van der Waals surface area contributed by atoms with E-state index in [1.165, 1.54) is 5.56 Å². The molecule has 0 amide bonds. The maximum absolute atomic E-state index is 6.57. The Labute approximate surface area is 147 Å². The number of halogens is 1. The van der Waals surface area contributed by atoms with Crippen LogP contribution in [0.4, 0.5) is 5.69 Å². The lowest BCUT2D eigenvalue weighted by molar-refractivity contribution is 0.0581. The molecule has 1 atom stereocenters. The Balaban J connectivity index is 1.85. The zero-order valence-electron chi connectivity index (χ0n) is 14.3. The van der Waals surface area contributed by atoms with Gasteiger partial charge < -0.3 is 14.4 Å². The molecular weight excluding hydrogens is 322 g/mol. The first-order valence-electron chi connectivity index (χ1n) is 7.99. The quantitative estimate of drug-likeness (QED) is 0.738. The van der Waals surface area contributed by atoms with Gasteiger partial charge >= 0.3 is 0 Å². The number of rotatable bonds is 1. The maximum atomic E-state index is 6.57. The molecule has 0 saturated heterocycles. The average Bonchev–Trinajstić information content (AvgIpc) is 2.73. The van der Waals surface area contributed by atoms with Crippen LogP contribution in [0.1, 0.15) is 25.0 Å². The Kier molecular flexibility index (Phi) is 3.17. The zero-order chi connectivity index (χ0) is 17.1. The summed E-state index contributed by atoms with van der Waals surface area (Å²) < 4.78 is 11.9. The van der Waals surface area contributed by atoms with Crippen molar-refractivity contribution in [2.45, 2.75) is 25.0 Å². The number of nitrogens with zero attached hydrogens (tertiary/aromatic N) is 1. The molecule has 2 heterocycles. The lowest BCUT2D eigenvalue weighted by atomic mass is 9.76. The van der Waals surface area contributed by atoms with E-state index in [0.29, 0.717) is 0 Å². The van der Waals surface area contributed by atoms with E-state index in [2.05, 4.69) is 44.0 Å². The second kappa shape index (κ2) is 4.93. The third-order valence-corrected chi connectivity index (χ3v) is 5.59. The lowest BCUT2D eigenvalue weighted by Gasteiger charge is -2.45. The number of hydrogen-bond donors (Lipinski definition) is 0. The highest BCUT2D eigenvalue weighted by Gasteiger charge is 2.57. The molecule has 2 aromatic carbocycles. The molecule has 1 unspecified atom stereocenters. The lowest BCUT2D eigenvalue weighted by Crippen LogP contribution is -2.58. The summed E-state index contributed by atoms with van der Waals surface area (Å²) in [4.78, 5) is 2.20. The fourth-order valence-electron chi connectivity index (χ4n) is 3.89. The normalized spacial score (nSPS) is 23.0. The van der Waals surface area contributed by atoms with Gasteiger partial charge in [-0.05, 0) is 68.0 Å². The molecule has 0 saturated carbocycles. The summed E-state index contributed by atoms with van der Waals surface area (Å²) in [5.41, 5.74) is 2.53. The van der Waals surface area contributed by atoms with Gasteiger partial charge in [-0.25, -0.2) is 0 Å². The number of methoxy groups -OCH3 is 1. The number of anilines is 1. The molecule has 0 fully saturated rings. The second-order valence-electron chi connectivity index (χ2n) is 6.88. The minimum Gasteiger partial charge on any atom is -0.497 e. The van der Waals surface area contributed by atoms with Gasteiger partial charge in [0, 0.05) is 23.3 Å². The fourth-order valence-corrected chi connectivity index (χ4v) is 4.06. The topological polar surface area (TPSA) is 21.7 Å². The Bertz CT molecular complexity index is 859. The van der Waals surface area contributed by atoms with Gasteiger partial charge in [-0.1, -0.05) is 11.6 Å². The van der Waals surface area contributed by atoms with Crippen molar-refractivity contribution in [3.8, 4) is 11.5 Å². The van der Waals surface area contributed by atoms with Crippen molar-refractivity contribution in [1.82, 2.24) is 0 Å². The van der Waals surface area contributed by atoms with Crippen LogP contribution >= 0.6 is 11.6 Å². The van der Waals surface area contributed by atoms with Crippen molar-refractivity contribution in [1.29, 1.82) is 0 Å².